The molecule has 0 atom stereocenters. The second-order valence-corrected chi connectivity index (χ2v) is 4.15. The Morgan fingerprint density at radius 3 is 2.59 bits per heavy atom. The second kappa shape index (κ2) is 8.57. The molecule has 1 aromatic carbocycles. The van der Waals surface area contributed by atoms with Gasteiger partial charge in [-0.1, -0.05) is 67.7 Å². The first kappa shape index (κ1) is 13.5. The lowest BCUT2D eigenvalue weighted by Crippen LogP contribution is -1.93. The monoisotopic (exact) mass is 231 g/mol. The van der Waals surface area contributed by atoms with Crippen molar-refractivity contribution in [3.05, 3.63) is 42.0 Å². The van der Waals surface area contributed by atoms with Crippen LogP contribution >= 0.6 is 0 Å². The molecular formula is C15H21NO. The van der Waals surface area contributed by atoms with E-state index in [0.29, 0.717) is 0 Å². The van der Waals surface area contributed by atoms with Crippen molar-refractivity contribution in [1.29, 1.82) is 0 Å². The van der Waals surface area contributed by atoms with Crippen molar-refractivity contribution in [3.63, 3.8) is 0 Å². The average Bonchev–Trinajstić information content (AvgIpc) is 2.39. The third-order valence-electron chi connectivity index (χ3n) is 2.68. The topological polar surface area (TPSA) is 32.6 Å². The molecule has 1 N–H and O–H groups in total. The van der Waals surface area contributed by atoms with Crippen molar-refractivity contribution < 1.29 is 5.21 Å². The molecule has 0 aromatic heterocycles. The lowest BCUT2D eigenvalue weighted by molar-refractivity contribution is 0.318. The molecule has 92 valence electrons. The van der Waals surface area contributed by atoms with Crippen molar-refractivity contribution in [2.24, 2.45) is 5.16 Å². The summed E-state index contributed by atoms with van der Waals surface area (Å²) in [5.74, 6) is 0. The van der Waals surface area contributed by atoms with Crippen molar-refractivity contribution in [2.45, 2.75) is 39.0 Å². The van der Waals surface area contributed by atoms with Crippen LogP contribution in [0.15, 0.2) is 41.6 Å². The Kier molecular flexibility index (Phi) is 6.80. The molecule has 0 fully saturated rings. The van der Waals surface area contributed by atoms with E-state index in [0.717, 1.165) is 24.1 Å². The fourth-order valence-corrected chi connectivity index (χ4v) is 1.66. The van der Waals surface area contributed by atoms with Gasteiger partial charge in [-0.15, -0.1) is 0 Å². The highest BCUT2D eigenvalue weighted by molar-refractivity contribution is 5.97. The summed E-state index contributed by atoms with van der Waals surface area (Å²) in [6, 6.07) is 10.0. The number of nitrogens with zero attached hydrogens (tertiary/aromatic N) is 1. The predicted molar refractivity (Wildman–Crippen MR) is 73.5 cm³/mol. The number of unbranched alkanes of at least 4 members (excludes halogenated alkanes) is 3. The second-order valence-electron chi connectivity index (χ2n) is 4.15. The van der Waals surface area contributed by atoms with E-state index in [2.05, 4.69) is 12.1 Å². The summed E-state index contributed by atoms with van der Waals surface area (Å²) in [5.41, 5.74) is 1.88. The van der Waals surface area contributed by atoms with Gasteiger partial charge in [0.25, 0.3) is 0 Å². The van der Waals surface area contributed by atoms with Gasteiger partial charge in [-0.3, -0.25) is 0 Å². The molecule has 0 aliphatic carbocycles. The van der Waals surface area contributed by atoms with E-state index in [1.807, 2.05) is 42.5 Å². The Labute approximate surface area is 104 Å². The Bertz CT molecular complexity index is 354. The maximum Gasteiger partial charge on any atom is 0.0795 e. The third-order valence-corrected chi connectivity index (χ3v) is 2.68. The van der Waals surface area contributed by atoms with Crippen LogP contribution < -0.4 is 0 Å². The Balaban J connectivity index is 2.39. The predicted octanol–water partition coefficient (Wildman–Crippen LogP) is 4.50. The van der Waals surface area contributed by atoms with Crippen molar-refractivity contribution in [3.8, 4) is 0 Å². The Morgan fingerprint density at radius 2 is 1.94 bits per heavy atom. The van der Waals surface area contributed by atoms with Gasteiger partial charge in [0.1, 0.15) is 0 Å². The molecule has 1 aromatic rings. The van der Waals surface area contributed by atoms with Gasteiger partial charge in [-0.2, -0.15) is 0 Å². The highest BCUT2D eigenvalue weighted by atomic mass is 16.4. The molecule has 2 heteroatoms. The summed E-state index contributed by atoms with van der Waals surface area (Å²) in [5, 5.41) is 12.2. The van der Waals surface area contributed by atoms with Crippen LogP contribution in [-0.4, -0.2) is 10.9 Å². The van der Waals surface area contributed by atoms with Gasteiger partial charge in [0.05, 0.1) is 5.71 Å². The van der Waals surface area contributed by atoms with Crippen LogP contribution in [0.2, 0.25) is 0 Å². The Hall–Kier alpha value is -1.57. The minimum atomic E-state index is 0.755. The molecule has 0 saturated carbocycles. The minimum absolute atomic E-state index is 0.755. The SMILES string of the molecule is CCCCCCC(C=Cc1ccccc1)=NO. The summed E-state index contributed by atoms with van der Waals surface area (Å²) < 4.78 is 0. The molecule has 0 unspecified atom stereocenters. The molecule has 0 aliphatic rings. The van der Waals surface area contributed by atoms with Crippen molar-refractivity contribution in [1.82, 2.24) is 0 Å². The van der Waals surface area contributed by atoms with Crippen LogP contribution in [0.3, 0.4) is 0 Å². The fourth-order valence-electron chi connectivity index (χ4n) is 1.66. The maximum absolute atomic E-state index is 8.90. The molecule has 0 saturated heterocycles. The number of oxime groups is 1. The van der Waals surface area contributed by atoms with Crippen LogP contribution in [0.4, 0.5) is 0 Å². The molecular weight excluding hydrogens is 210 g/mol. The first-order chi connectivity index (χ1) is 8.36. The standard InChI is InChI=1S/C15H21NO/c1-2-3-4-8-11-15(16-17)13-12-14-9-6-5-7-10-14/h5-7,9-10,12-13,17H,2-4,8,11H2,1H3. The van der Waals surface area contributed by atoms with Crippen LogP contribution in [0.25, 0.3) is 6.08 Å². The molecule has 0 spiro atoms. The zero-order valence-electron chi connectivity index (χ0n) is 10.5. The quantitative estimate of drug-likeness (QED) is 0.318. The molecule has 2 nitrogen and oxygen atoms in total. The third kappa shape index (κ3) is 5.91. The summed E-state index contributed by atoms with van der Waals surface area (Å²) in [6.07, 6.45) is 9.49. The number of rotatable bonds is 7. The van der Waals surface area contributed by atoms with Crippen molar-refractivity contribution >= 4 is 11.8 Å². The van der Waals surface area contributed by atoms with E-state index < -0.39 is 0 Å². The van der Waals surface area contributed by atoms with E-state index in [4.69, 9.17) is 5.21 Å². The zero-order valence-corrected chi connectivity index (χ0v) is 10.5. The molecule has 0 radical (unpaired) electrons. The zero-order chi connectivity index (χ0) is 12.3. The summed E-state index contributed by atoms with van der Waals surface area (Å²) >= 11 is 0. The van der Waals surface area contributed by atoms with E-state index >= 15 is 0 Å². The van der Waals surface area contributed by atoms with Crippen LogP contribution in [0, 0.1) is 0 Å². The lowest BCUT2D eigenvalue weighted by atomic mass is 10.1. The fraction of sp³-hybridized carbons (Fsp3) is 0.400. The number of benzene rings is 1. The van der Waals surface area contributed by atoms with E-state index in [1.54, 1.807) is 0 Å². The first-order valence-corrected chi connectivity index (χ1v) is 6.31. The molecule has 0 amide bonds. The van der Waals surface area contributed by atoms with Gasteiger partial charge in [-0.25, -0.2) is 0 Å². The minimum Gasteiger partial charge on any atom is -0.411 e. The normalized spacial score (nSPS) is 12.2. The maximum atomic E-state index is 8.90. The van der Waals surface area contributed by atoms with E-state index in [9.17, 15) is 0 Å². The lowest BCUT2D eigenvalue weighted by Gasteiger charge is -1.99. The number of hydrogen-bond acceptors (Lipinski definition) is 2. The average molecular weight is 231 g/mol. The van der Waals surface area contributed by atoms with Gasteiger partial charge >= 0.3 is 0 Å². The summed E-state index contributed by atoms with van der Waals surface area (Å²) in [7, 11) is 0. The number of hydrogen-bond donors (Lipinski definition) is 1. The van der Waals surface area contributed by atoms with Gasteiger partial charge in [0.15, 0.2) is 0 Å². The molecule has 0 bridgehead atoms. The largest absolute Gasteiger partial charge is 0.411 e. The van der Waals surface area contributed by atoms with E-state index in [-0.39, 0.29) is 0 Å². The summed E-state index contributed by atoms with van der Waals surface area (Å²) in [4.78, 5) is 0. The highest BCUT2D eigenvalue weighted by Gasteiger charge is 1.95. The molecule has 0 heterocycles. The van der Waals surface area contributed by atoms with Crippen LogP contribution in [0.5, 0.6) is 0 Å². The van der Waals surface area contributed by atoms with Gasteiger partial charge in [-0.05, 0) is 24.5 Å². The van der Waals surface area contributed by atoms with Gasteiger partial charge in [0.2, 0.25) is 0 Å². The molecule has 17 heavy (non-hydrogen) atoms. The summed E-state index contributed by atoms with van der Waals surface area (Å²) in [6.45, 7) is 2.19. The van der Waals surface area contributed by atoms with Gasteiger partial charge < -0.3 is 5.21 Å². The highest BCUT2D eigenvalue weighted by Crippen LogP contribution is 2.06. The smallest absolute Gasteiger partial charge is 0.0795 e. The molecule has 1 rings (SSSR count). The van der Waals surface area contributed by atoms with Crippen molar-refractivity contribution in [2.75, 3.05) is 0 Å². The number of allylic oxidation sites excluding steroid dienone is 1. The Morgan fingerprint density at radius 1 is 1.18 bits per heavy atom. The van der Waals surface area contributed by atoms with E-state index in [1.165, 1.54) is 19.3 Å². The first-order valence-electron chi connectivity index (χ1n) is 6.31. The van der Waals surface area contributed by atoms with Crippen LogP contribution in [-0.2, 0) is 0 Å². The van der Waals surface area contributed by atoms with Gasteiger partial charge in [0, 0.05) is 0 Å². The van der Waals surface area contributed by atoms with Crippen LogP contribution in [0.1, 0.15) is 44.6 Å². The molecule has 0 aliphatic heterocycles.